The highest BCUT2D eigenvalue weighted by molar-refractivity contribution is 5.83. The minimum atomic E-state index is -2.27. The second-order valence-corrected chi connectivity index (χ2v) is 5.97. The number of aliphatic hydroxyl groups excluding tert-OH is 1. The Morgan fingerprint density at radius 2 is 1.12 bits per heavy atom. The Labute approximate surface area is 150 Å². The average molecular weight is 356 g/mol. The maximum atomic E-state index is 11.3. The molecule has 2 N–H and O–H groups in total. The van der Waals surface area contributed by atoms with Crippen molar-refractivity contribution in [2.75, 3.05) is 6.61 Å². The van der Waals surface area contributed by atoms with Crippen LogP contribution < -0.4 is 0 Å². The Balaban J connectivity index is 3.90. The molecule has 0 saturated heterocycles. The number of carbonyl (C=O) groups is 2. The Morgan fingerprint density at radius 1 is 0.760 bits per heavy atom. The van der Waals surface area contributed by atoms with Crippen molar-refractivity contribution in [3.8, 4) is 0 Å². The van der Waals surface area contributed by atoms with E-state index in [1.54, 1.807) is 0 Å². The molecule has 6 heteroatoms. The summed E-state index contributed by atoms with van der Waals surface area (Å²) in [7, 11) is 0. The zero-order valence-electron chi connectivity index (χ0n) is 15.1. The van der Waals surface area contributed by atoms with E-state index in [1.807, 2.05) is 0 Å². The highest BCUT2D eigenvalue weighted by Gasteiger charge is 2.34. The van der Waals surface area contributed by atoms with Gasteiger partial charge in [0, 0.05) is 18.8 Å². The van der Waals surface area contributed by atoms with E-state index in [4.69, 9.17) is 14.6 Å². The number of esters is 2. The van der Waals surface area contributed by atoms with Crippen molar-refractivity contribution in [2.24, 2.45) is 0 Å². The van der Waals surface area contributed by atoms with Gasteiger partial charge in [-0.25, -0.2) is 9.59 Å². The van der Waals surface area contributed by atoms with Gasteiger partial charge in [0.15, 0.2) is 0 Å². The van der Waals surface area contributed by atoms with Crippen LogP contribution in [0.3, 0.4) is 0 Å². The highest BCUT2D eigenvalue weighted by Crippen LogP contribution is 2.21. The van der Waals surface area contributed by atoms with Crippen LogP contribution in [0, 0.1) is 0 Å². The molecule has 0 heterocycles. The van der Waals surface area contributed by atoms with Crippen LogP contribution in [0.25, 0.3) is 0 Å². The summed E-state index contributed by atoms with van der Waals surface area (Å²) in [6.07, 6.45) is 11.9. The van der Waals surface area contributed by atoms with Gasteiger partial charge < -0.3 is 19.7 Å². The van der Waals surface area contributed by atoms with Crippen LogP contribution in [0.4, 0.5) is 0 Å². The summed E-state index contributed by atoms with van der Waals surface area (Å²) in [5.74, 6) is -4.00. The summed E-state index contributed by atoms with van der Waals surface area (Å²) in [6, 6.07) is 0. The molecule has 0 amide bonds. The number of carbonyl (C=O) groups excluding carboxylic acids is 2. The summed E-state index contributed by atoms with van der Waals surface area (Å²) < 4.78 is 9.48. The minimum Gasteiger partial charge on any atom is -0.396 e. The summed E-state index contributed by atoms with van der Waals surface area (Å²) >= 11 is 0. The molecule has 0 aromatic carbocycles. The fourth-order valence-corrected chi connectivity index (χ4v) is 2.40. The zero-order chi connectivity index (χ0) is 19.0. The van der Waals surface area contributed by atoms with Crippen molar-refractivity contribution in [1.29, 1.82) is 0 Å². The quantitative estimate of drug-likeness (QED) is 0.191. The molecule has 0 saturated carbocycles. The fourth-order valence-electron chi connectivity index (χ4n) is 2.40. The molecule has 0 radical (unpaired) electrons. The van der Waals surface area contributed by atoms with Crippen LogP contribution in [-0.4, -0.2) is 34.7 Å². The number of ether oxygens (including phenoxy) is 2. The average Bonchev–Trinajstić information content (AvgIpc) is 2.59. The van der Waals surface area contributed by atoms with Crippen molar-refractivity contribution < 1.29 is 29.3 Å². The van der Waals surface area contributed by atoms with Crippen molar-refractivity contribution >= 4 is 11.9 Å². The van der Waals surface area contributed by atoms with E-state index >= 15 is 0 Å². The largest absolute Gasteiger partial charge is 0.396 e. The molecule has 0 atom stereocenters. The molecule has 0 aromatic rings. The molecule has 0 fully saturated rings. The van der Waals surface area contributed by atoms with Crippen molar-refractivity contribution in [3.05, 3.63) is 25.3 Å². The molecule has 25 heavy (non-hydrogen) atoms. The van der Waals surface area contributed by atoms with Crippen molar-refractivity contribution in [3.63, 3.8) is 0 Å². The van der Waals surface area contributed by atoms with E-state index in [0.717, 1.165) is 57.1 Å². The van der Waals surface area contributed by atoms with Crippen LogP contribution >= 0.6 is 0 Å². The van der Waals surface area contributed by atoms with Crippen molar-refractivity contribution in [1.82, 2.24) is 0 Å². The van der Waals surface area contributed by atoms with Crippen LogP contribution in [0.1, 0.15) is 70.6 Å². The molecule has 0 bridgehead atoms. The SMILES string of the molecule is C=CC(=O)OC(O)(CCCCCCCCCCCCO)OC(=O)C=C. The maximum Gasteiger partial charge on any atom is 0.373 e. The summed E-state index contributed by atoms with van der Waals surface area (Å²) in [5.41, 5.74) is 0. The number of unbranched alkanes of at least 4 members (excludes halogenated alkanes) is 9. The van der Waals surface area contributed by atoms with Gasteiger partial charge >= 0.3 is 17.9 Å². The number of hydrogen-bond acceptors (Lipinski definition) is 6. The van der Waals surface area contributed by atoms with E-state index < -0.39 is 17.9 Å². The first-order valence-corrected chi connectivity index (χ1v) is 9.01. The van der Waals surface area contributed by atoms with E-state index in [1.165, 1.54) is 12.8 Å². The van der Waals surface area contributed by atoms with E-state index in [9.17, 15) is 14.7 Å². The lowest BCUT2D eigenvalue weighted by Crippen LogP contribution is -2.39. The van der Waals surface area contributed by atoms with E-state index in [2.05, 4.69) is 13.2 Å². The maximum absolute atomic E-state index is 11.3. The van der Waals surface area contributed by atoms with Gasteiger partial charge in [0.2, 0.25) is 0 Å². The van der Waals surface area contributed by atoms with Gasteiger partial charge in [-0.05, 0) is 12.8 Å². The Bertz CT molecular complexity index is 383. The first kappa shape index (κ1) is 23.3. The topological polar surface area (TPSA) is 93.1 Å². The zero-order valence-corrected chi connectivity index (χ0v) is 15.1. The van der Waals surface area contributed by atoms with Crippen LogP contribution in [-0.2, 0) is 19.1 Å². The van der Waals surface area contributed by atoms with Crippen LogP contribution in [0.5, 0.6) is 0 Å². The summed E-state index contributed by atoms with van der Waals surface area (Å²) in [6.45, 7) is 6.77. The normalized spacial score (nSPS) is 11.0. The van der Waals surface area contributed by atoms with E-state index in [0.29, 0.717) is 6.42 Å². The molecule has 0 aliphatic rings. The molecule has 0 unspecified atom stereocenters. The van der Waals surface area contributed by atoms with Gasteiger partial charge in [0.25, 0.3) is 0 Å². The van der Waals surface area contributed by atoms with Crippen LogP contribution in [0.2, 0.25) is 0 Å². The Hall–Kier alpha value is -1.66. The van der Waals surface area contributed by atoms with Gasteiger partial charge in [0.1, 0.15) is 0 Å². The second kappa shape index (κ2) is 14.7. The second-order valence-electron chi connectivity index (χ2n) is 5.97. The third kappa shape index (κ3) is 13.3. The summed E-state index contributed by atoms with van der Waals surface area (Å²) in [4.78, 5) is 22.5. The minimum absolute atomic E-state index is 0.00726. The van der Waals surface area contributed by atoms with Gasteiger partial charge in [-0.3, -0.25) is 0 Å². The number of rotatable bonds is 16. The standard InChI is InChI=1S/C19H32O6/c1-3-17(21)24-19(23,25-18(22)4-2)15-13-11-9-7-5-6-8-10-12-14-16-20/h3-4,20,23H,1-2,5-16H2. The summed E-state index contributed by atoms with van der Waals surface area (Å²) in [5, 5.41) is 18.8. The molecule has 0 aliphatic heterocycles. The number of aliphatic hydroxyl groups is 2. The molecule has 144 valence electrons. The lowest BCUT2D eigenvalue weighted by molar-refractivity contribution is -0.324. The fraction of sp³-hybridized carbons (Fsp3) is 0.684. The first-order chi connectivity index (χ1) is 12.0. The van der Waals surface area contributed by atoms with Crippen molar-refractivity contribution in [2.45, 2.75) is 76.6 Å². The monoisotopic (exact) mass is 356 g/mol. The predicted molar refractivity (Wildman–Crippen MR) is 95.4 cm³/mol. The van der Waals surface area contributed by atoms with Gasteiger partial charge in [-0.1, -0.05) is 64.5 Å². The number of hydrogen-bond donors (Lipinski definition) is 2. The smallest absolute Gasteiger partial charge is 0.373 e. The van der Waals surface area contributed by atoms with Gasteiger partial charge in [-0.15, -0.1) is 0 Å². The highest BCUT2D eigenvalue weighted by atomic mass is 16.8. The third-order valence-electron chi connectivity index (χ3n) is 3.75. The van der Waals surface area contributed by atoms with E-state index in [-0.39, 0.29) is 13.0 Å². The first-order valence-electron chi connectivity index (χ1n) is 9.01. The molecule has 0 rings (SSSR count). The molecular formula is C19H32O6. The Kier molecular flexibility index (Phi) is 13.7. The van der Waals surface area contributed by atoms with Gasteiger partial charge in [0.05, 0.1) is 6.42 Å². The molecule has 6 nitrogen and oxygen atoms in total. The molecule has 0 aliphatic carbocycles. The van der Waals surface area contributed by atoms with Gasteiger partial charge in [-0.2, -0.15) is 0 Å². The third-order valence-corrected chi connectivity index (χ3v) is 3.75. The molecular weight excluding hydrogens is 324 g/mol. The lowest BCUT2D eigenvalue weighted by atomic mass is 10.1. The Morgan fingerprint density at radius 3 is 1.48 bits per heavy atom. The van der Waals surface area contributed by atoms with Crippen LogP contribution in [0.15, 0.2) is 25.3 Å². The molecule has 0 aromatic heterocycles. The predicted octanol–water partition coefficient (Wildman–Crippen LogP) is 3.37. The lowest BCUT2D eigenvalue weighted by Gasteiger charge is -2.25. The molecule has 0 spiro atoms.